The number of carbonyl (C=O) groups excluding carboxylic acids is 2. The Morgan fingerprint density at radius 3 is 2.50 bits per heavy atom. The zero-order valence-electron chi connectivity index (χ0n) is 8.32. The van der Waals surface area contributed by atoms with E-state index in [0.717, 1.165) is 6.08 Å². The van der Waals surface area contributed by atoms with Crippen LogP contribution in [0.5, 0.6) is 0 Å². The third-order valence-corrected chi connectivity index (χ3v) is 1.33. The van der Waals surface area contributed by atoms with Crippen molar-refractivity contribution in [2.45, 2.75) is 26.1 Å². The lowest BCUT2D eigenvalue weighted by atomic mass is 10.3. The molecule has 0 aromatic carbocycles. The molecule has 1 atom stereocenters. The molecule has 5 heteroatoms. The van der Waals surface area contributed by atoms with Crippen LogP contribution in [0.1, 0.15) is 19.8 Å². The second kappa shape index (κ2) is 6.94. The third-order valence-electron chi connectivity index (χ3n) is 1.33. The lowest BCUT2D eigenvalue weighted by molar-refractivity contribution is -0.165. The summed E-state index contributed by atoms with van der Waals surface area (Å²) in [4.78, 5) is 21.5. The van der Waals surface area contributed by atoms with Crippen LogP contribution >= 0.6 is 0 Å². The van der Waals surface area contributed by atoms with Gasteiger partial charge in [0.1, 0.15) is 0 Å². The second-order valence-electron chi connectivity index (χ2n) is 2.43. The van der Waals surface area contributed by atoms with Gasteiger partial charge in [-0.25, -0.2) is 9.59 Å². The molecule has 80 valence electrons. The van der Waals surface area contributed by atoms with Gasteiger partial charge >= 0.3 is 12.1 Å². The summed E-state index contributed by atoms with van der Waals surface area (Å²) < 4.78 is 13.7. The summed E-state index contributed by atoms with van der Waals surface area (Å²) in [6.07, 6.45) is 0.364. The monoisotopic (exact) mass is 202 g/mol. The summed E-state index contributed by atoms with van der Waals surface area (Å²) >= 11 is 0. The molecule has 5 nitrogen and oxygen atoms in total. The maximum absolute atomic E-state index is 10.8. The van der Waals surface area contributed by atoms with Crippen LogP contribution in [0, 0.1) is 0 Å². The van der Waals surface area contributed by atoms with Crippen molar-refractivity contribution in [2.24, 2.45) is 0 Å². The van der Waals surface area contributed by atoms with Crippen LogP contribution in [-0.2, 0) is 19.0 Å². The SMILES string of the molecule is C=CC(=O)OC(CCC)OC(=O)OC. The van der Waals surface area contributed by atoms with Crippen LogP contribution in [0.2, 0.25) is 0 Å². The Labute approximate surface area is 82.6 Å². The molecule has 0 saturated carbocycles. The molecular weight excluding hydrogens is 188 g/mol. The zero-order chi connectivity index (χ0) is 11.0. The quantitative estimate of drug-likeness (QED) is 0.385. The van der Waals surface area contributed by atoms with Crippen LogP contribution in [0.4, 0.5) is 4.79 Å². The van der Waals surface area contributed by atoms with E-state index in [0.29, 0.717) is 12.8 Å². The maximum Gasteiger partial charge on any atom is 0.511 e. The molecule has 0 amide bonds. The first kappa shape index (κ1) is 12.5. The molecule has 0 aliphatic rings. The van der Waals surface area contributed by atoms with Gasteiger partial charge in [-0.15, -0.1) is 0 Å². The van der Waals surface area contributed by atoms with Crippen LogP contribution in [-0.4, -0.2) is 25.5 Å². The fourth-order valence-corrected chi connectivity index (χ4v) is 0.711. The molecular formula is C9H14O5. The predicted octanol–water partition coefficient (Wildman–Crippen LogP) is 1.62. The van der Waals surface area contributed by atoms with Crippen molar-refractivity contribution in [1.82, 2.24) is 0 Å². The van der Waals surface area contributed by atoms with Crippen molar-refractivity contribution in [3.8, 4) is 0 Å². The molecule has 0 aliphatic carbocycles. The minimum absolute atomic E-state index is 0.425. The Morgan fingerprint density at radius 2 is 2.07 bits per heavy atom. The van der Waals surface area contributed by atoms with Crippen molar-refractivity contribution >= 4 is 12.1 Å². The molecule has 14 heavy (non-hydrogen) atoms. The minimum Gasteiger partial charge on any atom is -0.438 e. The lowest BCUT2D eigenvalue weighted by Crippen LogP contribution is -2.23. The number of methoxy groups -OCH3 is 1. The van der Waals surface area contributed by atoms with Gasteiger partial charge < -0.3 is 14.2 Å². The van der Waals surface area contributed by atoms with Crippen molar-refractivity contribution in [3.05, 3.63) is 12.7 Å². The molecule has 0 rings (SSSR count). The van der Waals surface area contributed by atoms with E-state index in [1.54, 1.807) is 0 Å². The average molecular weight is 202 g/mol. The number of rotatable bonds is 5. The standard InChI is InChI=1S/C9H14O5/c1-4-6-8(13-7(10)5-2)14-9(11)12-3/h5,8H,2,4,6H2,1,3H3. The molecule has 0 spiro atoms. The molecule has 0 bridgehead atoms. The van der Waals surface area contributed by atoms with Crippen LogP contribution < -0.4 is 0 Å². The van der Waals surface area contributed by atoms with Gasteiger partial charge in [0, 0.05) is 12.5 Å². The molecule has 0 fully saturated rings. The lowest BCUT2D eigenvalue weighted by Gasteiger charge is -2.15. The van der Waals surface area contributed by atoms with E-state index in [4.69, 9.17) is 4.74 Å². The Kier molecular flexibility index (Phi) is 6.19. The second-order valence-corrected chi connectivity index (χ2v) is 2.43. The highest BCUT2D eigenvalue weighted by Gasteiger charge is 2.16. The van der Waals surface area contributed by atoms with Gasteiger partial charge in [0.25, 0.3) is 6.29 Å². The maximum atomic E-state index is 10.8. The first-order valence-corrected chi connectivity index (χ1v) is 4.21. The number of esters is 1. The normalized spacial score (nSPS) is 11.3. The molecule has 0 aliphatic heterocycles. The van der Waals surface area contributed by atoms with Crippen LogP contribution in [0.15, 0.2) is 12.7 Å². The number of ether oxygens (including phenoxy) is 3. The van der Waals surface area contributed by atoms with E-state index < -0.39 is 18.4 Å². The summed E-state index contributed by atoms with van der Waals surface area (Å²) in [6, 6.07) is 0. The molecule has 0 radical (unpaired) electrons. The Morgan fingerprint density at radius 1 is 1.43 bits per heavy atom. The summed E-state index contributed by atoms with van der Waals surface area (Å²) in [5.74, 6) is -0.632. The van der Waals surface area contributed by atoms with Gasteiger partial charge in [0.05, 0.1) is 7.11 Å². The highest BCUT2D eigenvalue weighted by atomic mass is 16.8. The molecule has 0 aromatic rings. The van der Waals surface area contributed by atoms with Gasteiger partial charge in [-0.05, 0) is 6.42 Å². The smallest absolute Gasteiger partial charge is 0.438 e. The van der Waals surface area contributed by atoms with Gasteiger partial charge in [0.2, 0.25) is 0 Å². The highest BCUT2D eigenvalue weighted by molar-refractivity contribution is 5.81. The minimum atomic E-state index is -0.905. The average Bonchev–Trinajstić information content (AvgIpc) is 2.17. The summed E-state index contributed by atoms with van der Waals surface area (Å²) in [6.45, 7) is 5.10. The Hall–Kier alpha value is -1.52. The van der Waals surface area contributed by atoms with E-state index in [1.165, 1.54) is 7.11 Å². The number of carbonyl (C=O) groups is 2. The largest absolute Gasteiger partial charge is 0.511 e. The van der Waals surface area contributed by atoms with E-state index in [1.807, 2.05) is 6.92 Å². The van der Waals surface area contributed by atoms with Gasteiger partial charge in [-0.3, -0.25) is 0 Å². The van der Waals surface area contributed by atoms with Gasteiger partial charge in [-0.2, -0.15) is 0 Å². The van der Waals surface area contributed by atoms with E-state index in [2.05, 4.69) is 16.1 Å². The first-order chi connectivity index (χ1) is 6.63. The van der Waals surface area contributed by atoms with Crippen LogP contribution in [0.25, 0.3) is 0 Å². The van der Waals surface area contributed by atoms with Crippen LogP contribution in [0.3, 0.4) is 0 Å². The van der Waals surface area contributed by atoms with E-state index in [-0.39, 0.29) is 0 Å². The third kappa shape index (κ3) is 5.18. The van der Waals surface area contributed by atoms with Crippen molar-refractivity contribution in [3.63, 3.8) is 0 Å². The highest BCUT2D eigenvalue weighted by Crippen LogP contribution is 2.06. The number of hydrogen-bond donors (Lipinski definition) is 0. The molecule has 0 N–H and O–H groups in total. The topological polar surface area (TPSA) is 61.8 Å². The van der Waals surface area contributed by atoms with E-state index in [9.17, 15) is 9.59 Å². The van der Waals surface area contributed by atoms with Crippen molar-refractivity contribution in [2.75, 3.05) is 7.11 Å². The van der Waals surface area contributed by atoms with Gasteiger partial charge in [0.15, 0.2) is 0 Å². The first-order valence-electron chi connectivity index (χ1n) is 4.21. The Bertz CT molecular complexity index is 211. The van der Waals surface area contributed by atoms with Gasteiger partial charge in [-0.1, -0.05) is 13.5 Å². The Balaban J connectivity index is 4.07. The summed E-state index contributed by atoms with van der Waals surface area (Å²) in [7, 11) is 1.18. The van der Waals surface area contributed by atoms with E-state index >= 15 is 0 Å². The fourth-order valence-electron chi connectivity index (χ4n) is 0.711. The van der Waals surface area contributed by atoms with Crippen molar-refractivity contribution in [1.29, 1.82) is 0 Å². The summed E-state index contributed by atoms with van der Waals surface area (Å²) in [5, 5.41) is 0. The number of hydrogen-bond acceptors (Lipinski definition) is 5. The molecule has 0 aromatic heterocycles. The molecule has 0 heterocycles. The molecule has 1 unspecified atom stereocenters. The predicted molar refractivity (Wildman–Crippen MR) is 48.5 cm³/mol. The zero-order valence-corrected chi connectivity index (χ0v) is 8.32. The molecule has 0 saturated heterocycles. The fraction of sp³-hybridized carbons (Fsp3) is 0.556. The van der Waals surface area contributed by atoms with Crippen molar-refractivity contribution < 1.29 is 23.8 Å². The summed E-state index contributed by atoms with van der Waals surface area (Å²) in [5.41, 5.74) is 0.